The number of ether oxygens (including phenoxy) is 1. The lowest BCUT2D eigenvalue weighted by Gasteiger charge is -2.08. The van der Waals surface area contributed by atoms with Crippen molar-refractivity contribution in [3.05, 3.63) is 35.9 Å². The fourth-order valence-corrected chi connectivity index (χ4v) is 1.22. The third-order valence-corrected chi connectivity index (χ3v) is 2.85. The molecule has 0 bridgehead atoms. The number of nitrogens with two attached hydrogens (primary N) is 2. The number of carbonyl (C=O) groups excluding carboxylic acids is 5. The van der Waals surface area contributed by atoms with Gasteiger partial charge in [0.05, 0.1) is 7.11 Å². The number of benzene rings is 1. The number of carbonyl (C=O) groups is 5. The minimum Gasteiger partial charge on any atom is -0.445 e. The molecule has 0 saturated heterocycles. The summed E-state index contributed by atoms with van der Waals surface area (Å²) in [6, 6.07) is 9.37. The molecule has 1 rings (SSSR count). The van der Waals surface area contributed by atoms with Crippen molar-refractivity contribution in [1.29, 1.82) is 0 Å². The molecule has 0 aliphatic rings. The molecule has 170 valence electrons. The standard InChI is InChI=1S/C8H9NO2.C5H9NO2.C4H9NO2.C3H6O/c9-8(10)11-6-7-4-2-1-3-5-7;6-5(8)3-1-2-4-7;1-4(6)5(2)7-3;1-2-3-4/h1-5H,6H2,(H2,9,10);4H,1-3H2,(H2,6,8);1-3H3;3H,2H2,1H3. The Morgan fingerprint density at radius 2 is 1.60 bits per heavy atom. The summed E-state index contributed by atoms with van der Waals surface area (Å²) >= 11 is 0. The summed E-state index contributed by atoms with van der Waals surface area (Å²) in [6.45, 7) is 3.49. The zero-order valence-electron chi connectivity index (χ0n) is 18.0. The number of primary amides is 2. The molecule has 1 aromatic carbocycles. The van der Waals surface area contributed by atoms with Crippen LogP contribution >= 0.6 is 0 Å². The maximum Gasteiger partial charge on any atom is 0.404 e. The van der Waals surface area contributed by atoms with Crippen LogP contribution < -0.4 is 11.5 Å². The van der Waals surface area contributed by atoms with E-state index in [2.05, 4.69) is 9.57 Å². The smallest absolute Gasteiger partial charge is 0.404 e. The monoisotopic (exact) mass is 427 g/mol. The molecule has 0 heterocycles. The quantitative estimate of drug-likeness (QED) is 0.363. The van der Waals surface area contributed by atoms with Gasteiger partial charge in [0.25, 0.3) is 0 Å². The topological polar surface area (TPSA) is 159 Å². The molecule has 4 N–H and O–H groups in total. The normalized spacial score (nSPS) is 8.40. The largest absolute Gasteiger partial charge is 0.445 e. The molecule has 10 heteroatoms. The van der Waals surface area contributed by atoms with E-state index in [4.69, 9.17) is 11.5 Å². The van der Waals surface area contributed by atoms with E-state index in [0.717, 1.165) is 23.2 Å². The van der Waals surface area contributed by atoms with Crippen LogP contribution in [-0.4, -0.2) is 49.7 Å². The van der Waals surface area contributed by atoms with E-state index in [1.165, 1.54) is 14.0 Å². The SMILES string of the molecule is CCC=O.CON(C)C(C)=O.NC(=O)CCCC=O.NC(=O)OCc1ccccc1. The van der Waals surface area contributed by atoms with Crippen LogP contribution in [-0.2, 0) is 35.4 Å². The molecule has 1 aromatic rings. The van der Waals surface area contributed by atoms with Gasteiger partial charge in [-0.1, -0.05) is 37.3 Å². The molecule has 3 amide bonds. The van der Waals surface area contributed by atoms with E-state index in [9.17, 15) is 24.0 Å². The molecule has 30 heavy (non-hydrogen) atoms. The van der Waals surface area contributed by atoms with Gasteiger partial charge in [-0.2, -0.15) is 0 Å². The van der Waals surface area contributed by atoms with E-state index in [0.29, 0.717) is 25.7 Å². The van der Waals surface area contributed by atoms with Crippen LogP contribution in [0.25, 0.3) is 0 Å². The summed E-state index contributed by atoms with van der Waals surface area (Å²) in [4.78, 5) is 53.6. The van der Waals surface area contributed by atoms with Crippen molar-refractivity contribution < 1.29 is 33.5 Å². The average molecular weight is 427 g/mol. The Kier molecular flexibility index (Phi) is 24.9. The van der Waals surface area contributed by atoms with Crippen LogP contribution in [0, 0.1) is 0 Å². The number of rotatable bonds is 8. The van der Waals surface area contributed by atoms with Crippen molar-refractivity contribution in [3.63, 3.8) is 0 Å². The fourth-order valence-electron chi connectivity index (χ4n) is 1.22. The maximum atomic E-state index is 10.2. The Balaban J connectivity index is -0.000000344. The summed E-state index contributed by atoms with van der Waals surface area (Å²) in [6.07, 6.45) is 2.89. The van der Waals surface area contributed by atoms with Gasteiger partial charge in [0.2, 0.25) is 11.8 Å². The molecule has 0 unspecified atom stereocenters. The molecule has 0 spiro atoms. The van der Waals surface area contributed by atoms with Crippen LogP contribution in [0.4, 0.5) is 4.79 Å². The number of unbranched alkanes of at least 4 members (excludes halogenated alkanes) is 1. The van der Waals surface area contributed by atoms with Crippen LogP contribution in [0.5, 0.6) is 0 Å². The summed E-state index contributed by atoms with van der Waals surface area (Å²) in [5, 5.41) is 1.15. The van der Waals surface area contributed by atoms with Gasteiger partial charge in [-0.15, -0.1) is 0 Å². The molecule has 0 saturated carbocycles. The van der Waals surface area contributed by atoms with Crippen molar-refractivity contribution in [2.24, 2.45) is 11.5 Å². The fraction of sp³-hybridized carbons (Fsp3) is 0.450. The van der Waals surface area contributed by atoms with Crippen LogP contribution in [0.1, 0.15) is 45.1 Å². The van der Waals surface area contributed by atoms with Crippen molar-refractivity contribution in [1.82, 2.24) is 5.06 Å². The van der Waals surface area contributed by atoms with Crippen LogP contribution in [0.2, 0.25) is 0 Å². The molecule has 0 atom stereocenters. The molecule has 0 radical (unpaired) electrons. The lowest BCUT2D eigenvalue weighted by Crippen LogP contribution is -2.21. The van der Waals surface area contributed by atoms with Crippen molar-refractivity contribution in [2.45, 2.75) is 46.1 Å². The van der Waals surface area contributed by atoms with Gasteiger partial charge in [0, 0.05) is 33.2 Å². The highest BCUT2D eigenvalue weighted by Crippen LogP contribution is 1.99. The molecule has 0 fully saturated rings. The number of hydrogen-bond acceptors (Lipinski definition) is 7. The van der Waals surface area contributed by atoms with Gasteiger partial charge >= 0.3 is 6.09 Å². The first kappa shape index (κ1) is 31.4. The van der Waals surface area contributed by atoms with Crippen molar-refractivity contribution in [2.75, 3.05) is 14.2 Å². The van der Waals surface area contributed by atoms with E-state index in [1.807, 2.05) is 37.3 Å². The zero-order chi connectivity index (χ0) is 23.8. The predicted octanol–water partition coefficient (Wildman–Crippen LogP) is 1.74. The van der Waals surface area contributed by atoms with Gasteiger partial charge in [0.15, 0.2) is 0 Å². The van der Waals surface area contributed by atoms with Gasteiger partial charge in [-0.25, -0.2) is 9.86 Å². The van der Waals surface area contributed by atoms with Gasteiger partial charge < -0.3 is 25.8 Å². The third kappa shape index (κ3) is 29.5. The van der Waals surface area contributed by atoms with Gasteiger partial charge in [0.1, 0.15) is 19.2 Å². The Bertz CT molecular complexity index is 595. The number of hydrogen-bond donors (Lipinski definition) is 2. The Morgan fingerprint density at radius 3 is 1.90 bits per heavy atom. The van der Waals surface area contributed by atoms with E-state index < -0.39 is 6.09 Å². The second-order valence-electron chi connectivity index (χ2n) is 5.39. The summed E-state index contributed by atoms with van der Waals surface area (Å²) in [7, 11) is 3.00. The highest BCUT2D eigenvalue weighted by Gasteiger charge is 1.95. The number of nitrogens with zero attached hydrogens (tertiary/aromatic N) is 1. The Labute approximate surface area is 177 Å². The minimum absolute atomic E-state index is 0.0949. The molecule has 0 aromatic heterocycles. The summed E-state index contributed by atoms with van der Waals surface area (Å²) in [5.41, 5.74) is 10.5. The number of aldehydes is 2. The second kappa shape index (κ2) is 23.8. The molecular weight excluding hydrogens is 394 g/mol. The molecule has 10 nitrogen and oxygen atoms in total. The van der Waals surface area contributed by atoms with Crippen molar-refractivity contribution in [3.8, 4) is 0 Å². The van der Waals surface area contributed by atoms with Crippen molar-refractivity contribution >= 4 is 30.5 Å². The van der Waals surface area contributed by atoms with Gasteiger partial charge in [-0.05, 0) is 12.0 Å². The highest BCUT2D eigenvalue weighted by atomic mass is 16.7. The lowest BCUT2D eigenvalue weighted by atomic mass is 10.2. The van der Waals surface area contributed by atoms with Crippen LogP contribution in [0.3, 0.4) is 0 Å². The zero-order valence-corrected chi connectivity index (χ0v) is 18.0. The third-order valence-electron chi connectivity index (χ3n) is 2.85. The van der Waals surface area contributed by atoms with E-state index in [-0.39, 0.29) is 18.4 Å². The second-order valence-corrected chi connectivity index (χ2v) is 5.39. The minimum atomic E-state index is -0.742. The number of amides is 3. The summed E-state index contributed by atoms with van der Waals surface area (Å²) in [5.74, 6) is -0.436. The molecule has 0 aliphatic heterocycles. The Morgan fingerprint density at radius 1 is 1.07 bits per heavy atom. The maximum absolute atomic E-state index is 10.2. The average Bonchev–Trinajstić information content (AvgIpc) is 2.73. The first-order chi connectivity index (χ1) is 14.2. The first-order valence-corrected chi connectivity index (χ1v) is 9.06. The predicted molar refractivity (Wildman–Crippen MR) is 112 cm³/mol. The van der Waals surface area contributed by atoms with E-state index in [1.54, 1.807) is 7.05 Å². The Hall–Kier alpha value is -3.27. The van der Waals surface area contributed by atoms with Crippen LogP contribution in [0.15, 0.2) is 30.3 Å². The summed E-state index contributed by atoms with van der Waals surface area (Å²) < 4.78 is 4.57. The van der Waals surface area contributed by atoms with E-state index >= 15 is 0 Å². The first-order valence-electron chi connectivity index (χ1n) is 9.06. The molecule has 0 aliphatic carbocycles. The highest BCUT2D eigenvalue weighted by molar-refractivity contribution is 5.74. The van der Waals surface area contributed by atoms with Gasteiger partial charge in [-0.3, -0.25) is 14.4 Å². The number of hydroxylamine groups is 2. The lowest BCUT2D eigenvalue weighted by molar-refractivity contribution is -0.165. The molecular formula is C20H33N3O7.